The van der Waals surface area contributed by atoms with E-state index in [9.17, 15) is 14.4 Å². The van der Waals surface area contributed by atoms with Crippen LogP contribution in [-0.2, 0) is 23.7 Å². The maximum Gasteiger partial charge on any atom is 0.412 e. The lowest BCUT2D eigenvalue weighted by atomic mass is 10.2. The lowest BCUT2D eigenvalue weighted by molar-refractivity contribution is -0.141. The van der Waals surface area contributed by atoms with Gasteiger partial charge >= 0.3 is 18.2 Å². The van der Waals surface area contributed by atoms with Gasteiger partial charge in [0.05, 0.1) is 6.61 Å². The van der Waals surface area contributed by atoms with Crippen molar-refractivity contribution in [3.8, 4) is 0 Å². The van der Waals surface area contributed by atoms with Crippen LogP contribution in [0.3, 0.4) is 0 Å². The van der Waals surface area contributed by atoms with Crippen LogP contribution >= 0.6 is 0 Å². The molecule has 9 heteroatoms. The van der Waals surface area contributed by atoms with Gasteiger partial charge in [-0.2, -0.15) is 0 Å². The summed E-state index contributed by atoms with van der Waals surface area (Å²) in [5, 5.41) is 5.18. The molecule has 0 saturated carbocycles. The average Bonchev–Trinajstić information content (AvgIpc) is 2.62. The minimum atomic E-state index is -0.722. The molecule has 9 nitrogen and oxygen atoms in total. The molecule has 0 saturated heterocycles. The van der Waals surface area contributed by atoms with Crippen LogP contribution in [0.4, 0.5) is 21.0 Å². The molecule has 0 bridgehead atoms. The number of rotatable bonds is 9. The number of carbonyl (C=O) groups is 3. The molecule has 0 aromatic heterocycles. The zero-order chi connectivity index (χ0) is 22.0. The predicted molar refractivity (Wildman–Crippen MR) is 108 cm³/mol. The molecule has 2 amide bonds. The minimum absolute atomic E-state index is 0.0921. The van der Waals surface area contributed by atoms with E-state index in [4.69, 9.17) is 18.9 Å². The fourth-order valence-electron chi connectivity index (χ4n) is 2.11. The first-order chi connectivity index (χ1) is 13.6. The van der Waals surface area contributed by atoms with Crippen molar-refractivity contribution in [2.75, 3.05) is 31.0 Å². The third kappa shape index (κ3) is 9.11. The summed E-state index contributed by atoms with van der Waals surface area (Å²) in [6, 6.07) is 4.97. The Labute approximate surface area is 170 Å². The van der Waals surface area contributed by atoms with Crippen molar-refractivity contribution >= 4 is 29.5 Å². The molecule has 0 spiro atoms. The van der Waals surface area contributed by atoms with Gasteiger partial charge in [-0.05, 0) is 45.4 Å². The highest BCUT2D eigenvalue weighted by molar-refractivity contribution is 5.90. The van der Waals surface area contributed by atoms with Crippen molar-refractivity contribution < 1.29 is 33.3 Å². The summed E-state index contributed by atoms with van der Waals surface area (Å²) in [7, 11) is 1.51. The summed E-state index contributed by atoms with van der Waals surface area (Å²) < 4.78 is 20.1. The van der Waals surface area contributed by atoms with E-state index in [1.165, 1.54) is 14.0 Å². The van der Waals surface area contributed by atoms with Crippen molar-refractivity contribution in [1.29, 1.82) is 0 Å². The zero-order valence-corrected chi connectivity index (χ0v) is 17.4. The molecule has 2 atom stereocenters. The Morgan fingerprint density at radius 1 is 1.03 bits per heavy atom. The monoisotopic (exact) mass is 408 g/mol. The van der Waals surface area contributed by atoms with E-state index in [0.717, 1.165) is 5.56 Å². The number of nitrogens with one attached hydrogen (secondary N) is 2. The molecule has 2 N–H and O–H groups in total. The third-order valence-corrected chi connectivity index (χ3v) is 3.54. The quantitative estimate of drug-likeness (QED) is 0.364. The number of esters is 1. The van der Waals surface area contributed by atoms with E-state index in [0.29, 0.717) is 11.4 Å². The number of methoxy groups -OCH3 is 1. The van der Waals surface area contributed by atoms with Crippen LogP contribution in [0.25, 0.3) is 0 Å². The Morgan fingerprint density at radius 2 is 1.62 bits per heavy atom. The van der Waals surface area contributed by atoms with Crippen molar-refractivity contribution in [3.05, 3.63) is 35.9 Å². The maximum absolute atomic E-state index is 12.1. The first-order valence-electron chi connectivity index (χ1n) is 8.99. The van der Waals surface area contributed by atoms with E-state index >= 15 is 0 Å². The highest BCUT2D eigenvalue weighted by Gasteiger charge is 2.15. The van der Waals surface area contributed by atoms with Gasteiger partial charge in [-0.25, -0.2) is 14.4 Å². The molecule has 1 rings (SSSR count). The largest absolute Gasteiger partial charge is 0.458 e. The van der Waals surface area contributed by atoms with E-state index in [1.54, 1.807) is 39.0 Å². The second kappa shape index (κ2) is 11.7. The molecule has 0 aliphatic rings. The Balaban J connectivity index is 2.61. The van der Waals surface area contributed by atoms with Crippen LogP contribution in [0, 0.1) is 6.92 Å². The number of benzene rings is 1. The molecule has 29 heavy (non-hydrogen) atoms. The molecule has 160 valence electrons. The van der Waals surface area contributed by atoms with Gasteiger partial charge in [0.2, 0.25) is 0 Å². The van der Waals surface area contributed by atoms with Gasteiger partial charge in [-0.3, -0.25) is 10.6 Å². The summed E-state index contributed by atoms with van der Waals surface area (Å²) in [4.78, 5) is 35.3. The van der Waals surface area contributed by atoms with E-state index in [1.807, 2.05) is 0 Å². The summed E-state index contributed by atoms with van der Waals surface area (Å²) in [5.41, 5.74) is 1.90. The highest BCUT2D eigenvalue weighted by atomic mass is 16.6. The van der Waals surface area contributed by atoms with Gasteiger partial charge < -0.3 is 18.9 Å². The van der Waals surface area contributed by atoms with Crippen LogP contribution < -0.4 is 10.6 Å². The van der Waals surface area contributed by atoms with E-state index in [2.05, 4.69) is 17.2 Å². The van der Waals surface area contributed by atoms with Gasteiger partial charge in [0, 0.05) is 24.1 Å². The van der Waals surface area contributed by atoms with Gasteiger partial charge in [-0.15, -0.1) is 0 Å². The number of carbonyl (C=O) groups excluding carboxylic acids is 3. The first-order valence-corrected chi connectivity index (χ1v) is 8.99. The van der Waals surface area contributed by atoms with Gasteiger partial charge in [0.25, 0.3) is 0 Å². The van der Waals surface area contributed by atoms with Crippen LogP contribution in [-0.4, -0.2) is 50.7 Å². The minimum Gasteiger partial charge on any atom is -0.458 e. The smallest absolute Gasteiger partial charge is 0.412 e. The number of aryl methyl sites for hydroxylation is 1. The van der Waals surface area contributed by atoms with Gasteiger partial charge in [0.15, 0.2) is 0 Å². The first kappa shape index (κ1) is 24.0. The maximum atomic E-state index is 12.1. The van der Waals surface area contributed by atoms with E-state index in [-0.39, 0.29) is 18.8 Å². The molecule has 1 aromatic rings. The fourth-order valence-corrected chi connectivity index (χ4v) is 2.11. The molecule has 0 radical (unpaired) electrons. The summed E-state index contributed by atoms with van der Waals surface area (Å²) in [6.45, 7) is 10.3. The molecule has 0 fully saturated rings. The number of hydrogen-bond donors (Lipinski definition) is 2. The standard InChI is InChI=1S/C20H28N2O7/c1-12(2)18(23)27-11-15(5)29-20(25)22-17-9-16(8-7-13(17)3)21-19(24)28-14(4)10-26-6/h7-9,14-15H,1,10-11H2,2-6H3,(H,21,24)(H,22,25). The molecule has 2 unspecified atom stereocenters. The van der Waals surface area contributed by atoms with Gasteiger partial charge in [-0.1, -0.05) is 12.6 Å². The average molecular weight is 408 g/mol. The van der Waals surface area contributed by atoms with E-state index < -0.39 is 30.4 Å². The topological polar surface area (TPSA) is 112 Å². The number of ether oxygens (including phenoxy) is 4. The van der Waals surface area contributed by atoms with Crippen molar-refractivity contribution in [1.82, 2.24) is 0 Å². The molecule has 1 aromatic carbocycles. The SMILES string of the molecule is C=C(C)C(=O)OCC(C)OC(=O)Nc1cc(NC(=O)OC(C)COC)ccc1C. The Morgan fingerprint density at radius 3 is 2.21 bits per heavy atom. The summed E-state index contributed by atoms with van der Waals surface area (Å²) >= 11 is 0. The second-order valence-electron chi connectivity index (χ2n) is 6.55. The normalized spacial score (nSPS) is 12.3. The van der Waals surface area contributed by atoms with Crippen LogP contribution in [0.15, 0.2) is 30.4 Å². The van der Waals surface area contributed by atoms with Crippen LogP contribution in [0.5, 0.6) is 0 Å². The fraction of sp³-hybridized carbons (Fsp3) is 0.450. The second-order valence-corrected chi connectivity index (χ2v) is 6.55. The lowest BCUT2D eigenvalue weighted by Crippen LogP contribution is -2.26. The Bertz CT molecular complexity index is 748. The molecule has 0 heterocycles. The number of anilines is 2. The predicted octanol–water partition coefficient (Wildman–Crippen LogP) is 3.63. The summed E-state index contributed by atoms with van der Waals surface area (Å²) in [5.74, 6) is -0.554. The Kier molecular flexibility index (Phi) is 9.67. The van der Waals surface area contributed by atoms with Crippen molar-refractivity contribution in [2.24, 2.45) is 0 Å². The van der Waals surface area contributed by atoms with Crippen LogP contribution in [0.2, 0.25) is 0 Å². The molecular weight excluding hydrogens is 380 g/mol. The molecular formula is C20H28N2O7. The third-order valence-electron chi connectivity index (χ3n) is 3.54. The summed E-state index contributed by atoms with van der Waals surface area (Å²) in [6.07, 6.45) is -2.42. The zero-order valence-electron chi connectivity index (χ0n) is 17.4. The van der Waals surface area contributed by atoms with Crippen molar-refractivity contribution in [3.63, 3.8) is 0 Å². The highest BCUT2D eigenvalue weighted by Crippen LogP contribution is 2.21. The molecule has 0 aliphatic carbocycles. The molecule has 0 aliphatic heterocycles. The Hall–Kier alpha value is -3.07. The number of hydrogen-bond acceptors (Lipinski definition) is 7. The van der Waals surface area contributed by atoms with Gasteiger partial charge in [0.1, 0.15) is 18.8 Å². The van der Waals surface area contributed by atoms with Crippen molar-refractivity contribution in [2.45, 2.75) is 39.9 Å². The van der Waals surface area contributed by atoms with Crippen LogP contribution in [0.1, 0.15) is 26.3 Å². The lowest BCUT2D eigenvalue weighted by Gasteiger charge is -2.16. The number of amides is 2.